The van der Waals surface area contributed by atoms with Crippen LogP contribution in [0.25, 0.3) is 0 Å². The third kappa shape index (κ3) is 5.08. The molecule has 0 aliphatic carbocycles. The Kier molecular flexibility index (Phi) is 7.27. The van der Waals surface area contributed by atoms with E-state index in [1.165, 1.54) is 10.5 Å². The summed E-state index contributed by atoms with van der Waals surface area (Å²) in [5, 5.41) is 2.69. The molecule has 2 fully saturated rings. The number of amides is 2. The molecule has 0 spiro atoms. The summed E-state index contributed by atoms with van der Waals surface area (Å²) in [6, 6.07) is 2.73. The molecule has 30 heavy (non-hydrogen) atoms. The molecule has 11 heteroatoms. The molecule has 0 unspecified atom stereocenters. The molecule has 1 aromatic heterocycles. The minimum atomic E-state index is -3.57. The number of piperazine rings is 1. The van der Waals surface area contributed by atoms with Gasteiger partial charge in [-0.25, -0.2) is 13.4 Å². The molecule has 0 bridgehead atoms. The van der Waals surface area contributed by atoms with Gasteiger partial charge in [0.1, 0.15) is 16.8 Å². The lowest BCUT2D eigenvalue weighted by Gasteiger charge is -2.36. The van der Waals surface area contributed by atoms with Gasteiger partial charge in [0, 0.05) is 51.9 Å². The molecule has 0 aromatic carbocycles. The van der Waals surface area contributed by atoms with E-state index < -0.39 is 16.1 Å². The fourth-order valence-corrected chi connectivity index (χ4v) is 4.84. The first-order valence-electron chi connectivity index (χ1n) is 10.2. The van der Waals surface area contributed by atoms with Crippen molar-refractivity contribution < 1.29 is 22.7 Å². The number of aromatic nitrogens is 1. The van der Waals surface area contributed by atoms with Crippen LogP contribution in [0.5, 0.6) is 0 Å². The van der Waals surface area contributed by atoms with Gasteiger partial charge in [0.2, 0.25) is 21.8 Å². The van der Waals surface area contributed by atoms with Crippen LogP contribution in [0.4, 0.5) is 5.82 Å². The molecule has 0 saturated carbocycles. The van der Waals surface area contributed by atoms with Crippen molar-refractivity contribution in [3.8, 4) is 0 Å². The Morgan fingerprint density at radius 3 is 2.37 bits per heavy atom. The molecule has 3 rings (SSSR count). The van der Waals surface area contributed by atoms with Crippen molar-refractivity contribution in [3.05, 3.63) is 18.3 Å². The highest BCUT2D eigenvalue weighted by molar-refractivity contribution is 7.89. The molecule has 10 nitrogen and oxygen atoms in total. The van der Waals surface area contributed by atoms with E-state index in [0.717, 1.165) is 0 Å². The van der Waals surface area contributed by atoms with Crippen LogP contribution in [0.3, 0.4) is 0 Å². The zero-order valence-electron chi connectivity index (χ0n) is 17.4. The van der Waals surface area contributed by atoms with Gasteiger partial charge in [-0.05, 0) is 19.1 Å². The fraction of sp³-hybridized carbons (Fsp3) is 0.632. The van der Waals surface area contributed by atoms with E-state index in [4.69, 9.17) is 4.74 Å². The van der Waals surface area contributed by atoms with Gasteiger partial charge in [0.15, 0.2) is 0 Å². The summed E-state index contributed by atoms with van der Waals surface area (Å²) >= 11 is 0. The second-order valence-electron chi connectivity index (χ2n) is 7.32. The average Bonchev–Trinajstić information content (AvgIpc) is 2.79. The van der Waals surface area contributed by atoms with E-state index in [2.05, 4.69) is 10.3 Å². The maximum atomic E-state index is 12.7. The van der Waals surface area contributed by atoms with Crippen molar-refractivity contribution in [2.45, 2.75) is 31.2 Å². The average molecular weight is 440 g/mol. The van der Waals surface area contributed by atoms with Gasteiger partial charge in [-0.2, -0.15) is 4.31 Å². The largest absolute Gasteiger partial charge is 0.379 e. The first kappa shape index (κ1) is 22.4. The van der Waals surface area contributed by atoms with Crippen molar-refractivity contribution >= 4 is 27.7 Å². The number of pyridine rings is 1. The van der Waals surface area contributed by atoms with E-state index in [0.29, 0.717) is 64.7 Å². The third-order valence-corrected chi connectivity index (χ3v) is 7.20. The van der Waals surface area contributed by atoms with Gasteiger partial charge in [0.05, 0.1) is 13.2 Å². The van der Waals surface area contributed by atoms with Crippen molar-refractivity contribution in [2.24, 2.45) is 0 Å². The molecule has 2 saturated heterocycles. The van der Waals surface area contributed by atoms with Gasteiger partial charge >= 0.3 is 0 Å². The molecule has 1 N–H and O–H groups in total. The van der Waals surface area contributed by atoms with E-state index >= 15 is 0 Å². The Bertz CT molecular complexity index is 847. The number of sulfonamides is 1. The van der Waals surface area contributed by atoms with Crippen molar-refractivity contribution in [2.75, 3.05) is 57.4 Å². The summed E-state index contributed by atoms with van der Waals surface area (Å²) in [6.45, 7) is 7.12. The predicted molar refractivity (Wildman–Crippen MR) is 111 cm³/mol. The van der Waals surface area contributed by atoms with Gasteiger partial charge in [0.25, 0.3) is 0 Å². The number of carbonyl (C=O) groups is 2. The van der Waals surface area contributed by atoms with Gasteiger partial charge in [-0.15, -0.1) is 0 Å². The molecule has 2 aliphatic rings. The smallest absolute Gasteiger partial charge is 0.244 e. The lowest BCUT2D eigenvalue weighted by atomic mass is 10.2. The maximum absolute atomic E-state index is 12.7. The van der Waals surface area contributed by atoms with Crippen LogP contribution >= 0.6 is 0 Å². The van der Waals surface area contributed by atoms with Crippen LogP contribution in [-0.4, -0.2) is 92.9 Å². The van der Waals surface area contributed by atoms with E-state index in [1.54, 1.807) is 30.9 Å². The van der Waals surface area contributed by atoms with Crippen molar-refractivity contribution in [3.63, 3.8) is 0 Å². The van der Waals surface area contributed by atoms with Crippen LogP contribution < -0.4 is 10.2 Å². The van der Waals surface area contributed by atoms with Gasteiger partial charge in [-0.3, -0.25) is 9.59 Å². The highest BCUT2D eigenvalue weighted by Crippen LogP contribution is 2.20. The molecular weight excluding hydrogens is 410 g/mol. The minimum Gasteiger partial charge on any atom is -0.379 e. The summed E-state index contributed by atoms with van der Waals surface area (Å²) in [7, 11) is -3.57. The van der Waals surface area contributed by atoms with Crippen LogP contribution in [0.1, 0.15) is 20.3 Å². The van der Waals surface area contributed by atoms with E-state index in [1.807, 2.05) is 4.90 Å². The molecule has 1 atom stereocenters. The maximum Gasteiger partial charge on any atom is 0.244 e. The summed E-state index contributed by atoms with van der Waals surface area (Å²) in [5.41, 5.74) is 0. The Morgan fingerprint density at radius 2 is 1.80 bits per heavy atom. The van der Waals surface area contributed by atoms with Gasteiger partial charge in [-0.1, -0.05) is 6.92 Å². The molecule has 0 radical (unpaired) electrons. The number of ether oxygens (including phenoxy) is 1. The Morgan fingerprint density at radius 1 is 1.13 bits per heavy atom. The summed E-state index contributed by atoms with van der Waals surface area (Å²) in [4.78, 5) is 32.3. The topological polar surface area (TPSA) is 112 Å². The fourth-order valence-electron chi connectivity index (χ4n) is 3.48. The lowest BCUT2D eigenvalue weighted by Crippen LogP contribution is -2.54. The number of rotatable bonds is 6. The Labute approximate surface area is 177 Å². The van der Waals surface area contributed by atoms with Crippen LogP contribution in [0, 0.1) is 0 Å². The van der Waals surface area contributed by atoms with E-state index in [9.17, 15) is 18.0 Å². The highest BCUT2D eigenvalue weighted by atomic mass is 32.2. The number of morpholine rings is 1. The zero-order chi connectivity index (χ0) is 21.7. The SMILES string of the molecule is CCC(=O)N[C@@H](C)C(=O)N1CCN(c2ccc(S(=O)(=O)N3CCOCC3)cn2)CC1. The van der Waals surface area contributed by atoms with Crippen molar-refractivity contribution in [1.82, 2.24) is 19.5 Å². The van der Waals surface area contributed by atoms with Crippen LogP contribution in [-0.2, 0) is 24.3 Å². The molecule has 2 amide bonds. The number of hydrogen-bond donors (Lipinski definition) is 1. The molecule has 166 valence electrons. The summed E-state index contributed by atoms with van der Waals surface area (Å²) < 4.78 is 32.0. The lowest BCUT2D eigenvalue weighted by molar-refractivity contribution is -0.136. The zero-order valence-corrected chi connectivity index (χ0v) is 18.2. The summed E-state index contributed by atoms with van der Waals surface area (Å²) in [6.07, 6.45) is 1.73. The molecular formula is C19H29N5O5S. The number of anilines is 1. The number of hydrogen-bond acceptors (Lipinski definition) is 7. The quantitative estimate of drug-likeness (QED) is 0.646. The second-order valence-corrected chi connectivity index (χ2v) is 9.26. The first-order valence-corrected chi connectivity index (χ1v) is 11.6. The highest BCUT2D eigenvalue weighted by Gasteiger charge is 2.28. The Balaban J connectivity index is 1.57. The van der Waals surface area contributed by atoms with Gasteiger partial charge < -0.3 is 19.9 Å². The van der Waals surface area contributed by atoms with Crippen LogP contribution in [0.2, 0.25) is 0 Å². The minimum absolute atomic E-state index is 0.101. The first-order chi connectivity index (χ1) is 14.3. The predicted octanol–water partition coefficient (Wildman–Crippen LogP) is -0.334. The third-order valence-electron chi connectivity index (χ3n) is 5.31. The number of nitrogens with one attached hydrogen (secondary N) is 1. The number of nitrogens with zero attached hydrogens (tertiary/aromatic N) is 4. The standard InChI is InChI=1S/C19H29N5O5S/c1-3-18(25)21-15(2)19(26)23-8-6-22(7-9-23)17-5-4-16(14-20-17)30(27,28)24-10-12-29-13-11-24/h4-5,14-15H,3,6-13H2,1-2H3,(H,21,25)/t15-/m0/s1. The van der Waals surface area contributed by atoms with E-state index in [-0.39, 0.29) is 16.7 Å². The Hall–Kier alpha value is -2.24. The normalized spacial score (nSPS) is 19.4. The number of carbonyl (C=O) groups excluding carboxylic acids is 2. The monoisotopic (exact) mass is 439 g/mol. The van der Waals surface area contributed by atoms with Crippen LogP contribution in [0.15, 0.2) is 23.2 Å². The van der Waals surface area contributed by atoms with Crippen molar-refractivity contribution in [1.29, 1.82) is 0 Å². The molecule has 3 heterocycles. The summed E-state index contributed by atoms with van der Waals surface area (Å²) in [5.74, 6) is 0.428. The molecule has 1 aromatic rings. The molecule has 2 aliphatic heterocycles. The second kappa shape index (κ2) is 9.71.